The molecule has 0 bridgehead atoms. The molecule has 1 aromatic rings. The predicted octanol–water partition coefficient (Wildman–Crippen LogP) is 4.42. The fourth-order valence-corrected chi connectivity index (χ4v) is 3.39. The van der Waals surface area contributed by atoms with Gasteiger partial charge in [-0.05, 0) is 55.0 Å². The molecule has 1 saturated heterocycles. The number of carboxylic acid groups (broad SMARTS) is 1. The first-order valence-corrected chi connectivity index (χ1v) is 9.55. The molecular weight excluding hydrogens is 314 g/mol. The van der Waals surface area contributed by atoms with Crippen molar-refractivity contribution < 1.29 is 14.6 Å². The molecule has 1 aliphatic rings. The van der Waals surface area contributed by atoms with Gasteiger partial charge in [0.1, 0.15) is 5.75 Å². The fourth-order valence-electron chi connectivity index (χ4n) is 3.39. The Balaban J connectivity index is 1.78. The number of carboxylic acids is 1. The van der Waals surface area contributed by atoms with Crippen LogP contribution in [0.5, 0.6) is 5.75 Å². The highest BCUT2D eigenvalue weighted by atomic mass is 16.5. The van der Waals surface area contributed by atoms with E-state index in [0.29, 0.717) is 13.1 Å². The van der Waals surface area contributed by atoms with Crippen molar-refractivity contribution in [3.05, 3.63) is 28.8 Å². The maximum atomic E-state index is 10.9. The van der Waals surface area contributed by atoms with Crippen molar-refractivity contribution in [2.45, 2.75) is 59.9 Å². The van der Waals surface area contributed by atoms with Gasteiger partial charge in [0.2, 0.25) is 0 Å². The second-order valence-corrected chi connectivity index (χ2v) is 7.86. The maximum Gasteiger partial charge on any atom is 0.309 e. The van der Waals surface area contributed by atoms with Gasteiger partial charge in [-0.3, -0.25) is 9.69 Å². The van der Waals surface area contributed by atoms with Crippen LogP contribution in [-0.2, 0) is 11.3 Å². The van der Waals surface area contributed by atoms with Crippen molar-refractivity contribution in [1.29, 1.82) is 0 Å². The second-order valence-electron chi connectivity index (χ2n) is 7.86. The number of unbranched alkanes of at least 4 members (excludes halogenated alkanes) is 2. The lowest BCUT2D eigenvalue weighted by Gasteiger charge is -2.37. The molecule has 1 N–H and O–H groups in total. The minimum atomic E-state index is -0.679. The third-order valence-corrected chi connectivity index (χ3v) is 5.05. The molecule has 4 nitrogen and oxygen atoms in total. The van der Waals surface area contributed by atoms with E-state index in [1.807, 2.05) is 0 Å². The number of carbonyl (C=O) groups is 1. The Morgan fingerprint density at radius 1 is 1.20 bits per heavy atom. The molecule has 140 valence electrons. The maximum absolute atomic E-state index is 10.9. The number of hydrogen-bond acceptors (Lipinski definition) is 3. The van der Waals surface area contributed by atoms with Crippen molar-refractivity contribution in [3.63, 3.8) is 0 Å². The first-order chi connectivity index (χ1) is 11.9. The quantitative estimate of drug-likeness (QED) is 0.637. The van der Waals surface area contributed by atoms with Crippen molar-refractivity contribution in [2.24, 2.45) is 11.8 Å². The highest BCUT2D eigenvalue weighted by Crippen LogP contribution is 2.26. The summed E-state index contributed by atoms with van der Waals surface area (Å²) in [4.78, 5) is 13.1. The average Bonchev–Trinajstić information content (AvgIpc) is 2.47. The van der Waals surface area contributed by atoms with E-state index < -0.39 is 5.97 Å². The van der Waals surface area contributed by atoms with Crippen LogP contribution >= 0.6 is 0 Å². The van der Waals surface area contributed by atoms with Crippen molar-refractivity contribution in [2.75, 3.05) is 19.7 Å². The van der Waals surface area contributed by atoms with E-state index >= 15 is 0 Å². The summed E-state index contributed by atoms with van der Waals surface area (Å²) in [6, 6.07) is 4.23. The van der Waals surface area contributed by atoms with Crippen LogP contribution in [0.4, 0.5) is 0 Å². The van der Waals surface area contributed by atoms with Crippen LogP contribution in [0.2, 0.25) is 0 Å². The van der Waals surface area contributed by atoms with Crippen LogP contribution in [0.25, 0.3) is 0 Å². The van der Waals surface area contributed by atoms with Crippen LogP contribution in [0, 0.1) is 25.7 Å². The number of hydrogen-bond donors (Lipinski definition) is 1. The molecule has 0 unspecified atom stereocenters. The summed E-state index contributed by atoms with van der Waals surface area (Å²) in [5.74, 6) is 0.867. The third kappa shape index (κ3) is 6.03. The minimum absolute atomic E-state index is 0.195. The number of rotatable bonds is 10. The van der Waals surface area contributed by atoms with Gasteiger partial charge >= 0.3 is 5.97 Å². The largest absolute Gasteiger partial charge is 0.494 e. The molecule has 4 heteroatoms. The van der Waals surface area contributed by atoms with Gasteiger partial charge in [0.05, 0.1) is 12.5 Å². The zero-order valence-electron chi connectivity index (χ0n) is 16.2. The van der Waals surface area contributed by atoms with E-state index in [0.717, 1.165) is 31.2 Å². The smallest absolute Gasteiger partial charge is 0.309 e. The van der Waals surface area contributed by atoms with Crippen LogP contribution in [0.15, 0.2) is 12.1 Å². The Bertz CT molecular complexity index is 553. The van der Waals surface area contributed by atoms with Gasteiger partial charge in [-0.25, -0.2) is 0 Å². The summed E-state index contributed by atoms with van der Waals surface area (Å²) >= 11 is 0. The predicted molar refractivity (Wildman–Crippen MR) is 101 cm³/mol. The number of nitrogens with zero attached hydrogens (tertiary/aromatic N) is 1. The summed E-state index contributed by atoms with van der Waals surface area (Å²) in [6.45, 7) is 11.7. The van der Waals surface area contributed by atoms with E-state index in [1.54, 1.807) is 0 Å². The molecule has 1 heterocycles. The number of likely N-dealkylation sites (tertiary alicyclic amines) is 1. The van der Waals surface area contributed by atoms with Crippen LogP contribution in [0.1, 0.15) is 56.2 Å². The summed E-state index contributed by atoms with van der Waals surface area (Å²) in [7, 11) is 0. The third-order valence-electron chi connectivity index (χ3n) is 5.05. The summed E-state index contributed by atoms with van der Waals surface area (Å²) in [6.07, 6.45) is 4.92. The molecule has 2 rings (SSSR count). The average molecular weight is 347 g/mol. The van der Waals surface area contributed by atoms with Gasteiger partial charge in [0, 0.05) is 19.6 Å². The Morgan fingerprint density at radius 3 is 2.40 bits per heavy atom. The number of benzene rings is 1. The van der Waals surface area contributed by atoms with Crippen molar-refractivity contribution >= 4 is 5.97 Å². The number of ether oxygens (including phenoxy) is 1. The molecule has 1 aromatic carbocycles. The van der Waals surface area contributed by atoms with Crippen molar-refractivity contribution in [1.82, 2.24) is 4.90 Å². The molecule has 0 radical (unpaired) electrons. The highest BCUT2D eigenvalue weighted by Gasteiger charge is 2.32. The van der Waals surface area contributed by atoms with Crippen LogP contribution < -0.4 is 4.74 Å². The molecule has 0 aliphatic carbocycles. The molecule has 1 fully saturated rings. The van der Waals surface area contributed by atoms with Gasteiger partial charge in [0.15, 0.2) is 0 Å². The lowest BCUT2D eigenvalue weighted by atomic mass is 9.96. The topological polar surface area (TPSA) is 49.8 Å². The van der Waals surface area contributed by atoms with E-state index in [2.05, 4.69) is 44.7 Å². The zero-order valence-corrected chi connectivity index (χ0v) is 16.2. The lowest BCUT2D eigenvalue weighted by Crippen LogP contribution is -2.49. The Morgan fingerprint density at radius 2 is 1.84 bits per heavy atom. The molecule has 1 aliphatic heterocycles. The molecule has 0 spiro atoms. The van der Waals surface area contributed by atoms with Gasteiger partial charge in [-0.15, -0.1) is 0 Å². The Labute approximate surface area is 152 Å². The molecule has 25 heavy (non-hydrogen) atoms. The first-order valence-electron chi connectivity index (χ1n) is 9.55. The Hall–Kier alpha value is -1.55. The summed E-state index contributed by atoms with van der Waals surface area (Å²) < 4.78 is 5.93. The standard InChI is InChI=1S/C21H33NO3/c1-15(2)8-6-5-7-9-25-19-10-16(3)20(17(4)11-19)14-22-12-18(13-22)21(23)24/h10-11,15,18H,5-9,12-14H2,1-4H3,(H,23,24). The van der Waals surface area contributed by atoms with Crippen LogP contribution in [0.3, 0.4) is 0 Å². The zero-order chi connectivity index (χ0) is 18.4. The molecule has 0 amide bonds. The van der Waals surface area contributed by atoms with E-state index in [9.17, 15) is 4.79 Å². The Kier molecular flexibility index (Phi) is 7.30. The normalized spacial score (nSPS) is 15.4. The van der Waals surface area contributed by atoms with E-state index in [1.165, 1.54) is 36.0 Å². The molecule has 0 saturated carbocycles. The monoisotopic (exact) mass is 347 g/mol. The summed E-state index contributed by atoms with van der Waals surface area (Å²) in [5.41, 5.74) is 3.76. The SMILES string of the molecule is Cc1cc(OCCCCCC(C)C)cc(C)c1CN1CC(C(=O)O)C1. The van der Waals surface area contributed by atoms with Gasteiger partial charge in [-0.2, -0.15) is 0 Å². The van der Waals surface area contributed by atoms with E-state index in [-0.39, 0.29) is 5.92 Å². The first kappa shape index (κ1) is 19.8. The lowest BCUT2D eigenvalue weighted by molar-refractivity contribution is -0.147. The summed E-state index contributed by atoms with van der Waals surface area (Å²) in [5, 5.41) is 8.98. The van der Waals surface area contributed by atoms with Crippen LogP contribution in [-0.4, -0.2) is 35.7 Å². The van der Waals surface area contributed by atoms with Gasteiger partial charge in [0.25, 0.3) is 0 Å². The number of aryl methyl sites for hydroxylation is 2. The highest BCUT2D eigenvalue weighted by molar-refractivity contribution is 5.71. The fraction of sp³-hybridized carbons (Fsp3) is 0.667. The van der Waals surface area contributed by atoms with Crippen molar-refractivity contribution in [3.8, 4) is 5.75 Å². The molecular formula is C21H33NO3. The second kappa shape index (κ2) is 9.23. The van der Waals surface area contributed by atoms with Gasteiger partial charge < -0.3 is 9.84 Å². The molecule has 0 aromatic heterocycles. The molecule has 0 atom stereocenters. The number of aliphatic carboxylic acids is 1. The minimum Gasteiger partial charge on any atom is -0.494 e. The van der Waals surface area contributed by atoms with E-state index in [4.69, 9.17) is 9.84 Å². The van der Waals surface area contributed by atoms with Gasteiger partial charge in [-0.1, -0.05) is 33.1 Å².